The van der Waals surface area contributed by atoms with Crippen LogP contribution in [0.2, 0.25) is 0 Å². The summed E-state index contributed by atoms with van der Waals surface area (Å²) >= 11 is 0. The van der Waals surface area contributed by atoms with Crippen LogP contribution in [-0.4, -0.2) is 20.0 Å². The van der Waals surface area contributed by atoms with Gasteiger partial charge in [0.15, 0.2) is 11.3 Å². The van der Waals surface area contributed by atoms with E-state index < -0.39 is 5.63 Å². The van der Waals surface area contributed by atoms with Crippen LogP contribution in [0.15, 0.2) is 27.4 Å². The molecule has 0 saturated carbocycles. The van der Waals surface area contributed by atoms with Crippen LogP contribution in [-0.2, 0) is 11.2 Å². The number of hydrogen-bond donors (Lipinski definition) is 0. The molecular formula is C14H14O5. The third kappa shape index (κ3) is 1.96. The highest BCUT2D eigenvalue weighted by Gasteiger charge is 2.29. The van der Waals surface area contributed by atoms with Crippen LogP contribution in [0.25, 0.3) is 11.0 Å². The summed E-state index contributed by atoms with van der Waals surface area (Å²) in [7, 11) is 1.53. The lowest BCUT2D eigenvalue weighted by Gasteiger charge is -2.11. The number of rotatable bonds is 3. The van der Waals surface area contributed by atoms with E-state index >= 15 is 0 Å². The van der Waals surface area contributed by atoms with E-state index in [1.807, 2.05) is 13.0 Å². The molecule has 0 aliphatic carbocycles. The van der Waals surface area contributed by atoms with Gasteiger partial charge in [-0.2, -0.15) is 0 Å². The lowest BCUT2D eigenvalue weighted by Crippen LogP contribution is -2.17. The summed E-state index contributed by atoms with van der Waals surface area (Å²) in [6.07, 6.45) is 0.353. The monoisotopic (exact) mass is 262 g/mol. The fourth-order valence-corrected chi connectivity index (χ4v) is 2.32. The molecule has 1 aromatic carbocycles. The first kappa shape index (κ1) is 12.0. The zero-order valence-corrected chi connectivity index (χ0v) is 10.8. The number of hydrogen-bond acceptors (Lipinski definition) is 5. The number of methoxy groups -OCH3 is 1. The second-order valence-corrected chi connectivity index (χ2v) is 4.28. The first-order valence-corrected chi connectivity index (χ1v) is 6.15. The molecule has 0 amide bonds. The highest BCUT2D eigenvalue weighted by molar-refractivity contribution is 5.87. The molecular weight excluding hydrogens is 248 g/mol. The average molecular weight is 262 g/mol. The Morgan fingerprint density at radius 3 is 3.00 bits per heavy atom. The zero-order chi connectivity index (χ0) is 13.4. The van der Waals surface area contributed by atoms with Crippen molar-refractivity contribution in [1.82, 2.24) is 0 Å². The predicted octanol–water partition coefficient (Wildman–Crippen LogP) is 2.10. The van der Waals surface area contributed by atoms with Gasteiger partial charge in [-0.3, -0.25) is 0 Å². The maximum absolute atomic E-state index is 11.3. The molecule has 2 heterocycles. The fourth-order valence-electron chi connectivity index (χ4n) is 2.32. The van der Waals surface area contributed by atoms with Gasteiger partial charge in [0.05, 0.1) is 7.11 Å². The molecule has 0 saturated heterocycles. The molecule has 5 heteroatoms. The molecule has 5 nitrogen and oxygen atoms in total. The lowest BCUT2D eigenvalue weighted by molar-refractivity contribution is -0.0610. The molecule has 2 aromatic rings. The molecule has 0 N–H and O–H groups in total. The Balaban J connectivity index is 2.18. The summed E-state index contributed by atoms with van der Waals surface area (Å²) in [6, 6.07) is 5.05. The van der Waals surface area contributed by atoms with Gasteiger partial charge in [-0.1, -0.05) is 0 Å². The van der Waals surface area contributed by atoms with Crippen LogP contribution in [0.1, 0.15) is 12.5 Å². The molecule has 1 atom stereocenters. The molecule has 0 spiro atoms. The normalized spacial score (nSPS) is 17.3. The summed E-state index contributed by atoms with van der Waals surface area (Å²) in [4.78, 5) is 11.3. The van der Waals surface area contributed by atoms with E-state index in [-0.39, 0.29) is 6.29 Å². The molecule has 100 valence electrons. The summed E-state index contributed by atoms with van der Waals surface area (Å²) < 4.78 is 21.7. The standard InChI is InChI=1S/C14H14O5/c1-3-17-11-7-9-6-8-4-5-10(15)18-12(8)14(16-2)13(9)19-11/h4-6,11H,3,7H2,1-2H3. The lowest BCUT2D eigenvalue weighted by atomic mass is 10.1. The first-order chi connectivity index (χ1) is 9.22. The fraction of sp³-hybridized carbons (Fsp3) is 0.357. The topological polar surface area (TPSA) is 57.9 Å². The Morgan fingerprint density at radius 1 is 1.42 bits per heavy atom. The molecule has 1 aromatic heterocycles. The van der Waals surface area contributed by atoms with E-state index in [9.17, 15) is 4.79 Å². The van der Waals surface area contributed by atoms with Crippen LogP contribution >= 0.6 is 0 Å². The van der Waals surface area contributed by atoms with Crippen LogP contribution in [0.3, 0.4) is 0 Å². The second-order valence-electron chi connectivity index (χ2n) is 4.28. The van der Waals surface area contributed by atoms with E-state index in [0.29, 0.717) is 30.1 Å². The molecule has 0 radical (unpaired) electrons. The van der Waals surface area contributed by atoms with Crippen molar-refractivity contribution in [3.8, 4) is 11.5 Å². The maximum Gasteiger partial charge on any atom is 0.336 e. The van der Waals surface area contributed by atoms with Gasteiger partial charge in [0, 0.05) is 30.0 Å². The van der Waals surface area contributed by atoms with Crippen molar-refractivity contribution >= 4 is 11.0 Å². The Morgan fingerprint density at radius 2 is 2.26 bits per heavy atom. The van der Waals surface area contributed by atoms with E-state index in [1.165, 1.54) is 13.2 Å². The highest BCUT2D eigenvalue weighted by Crippen LogP contribution is 2.43. The second kappa shape index (κ2) is 4.59. The quantitative estimate of drug-likeness (QED) is 0.793. The Kier molecular flexibility index (Phi) is 2.91. The smallest absolute Gasteiger partial charge is 0.336 e. The van der Waals surface area contributed by atoms with Gasteiger partial charge >= 0.3 is 5.63 Å². The third-order valence-electron chi connectivity index (χ3n) is 3.09. The van der Waals surface area contributed by atoms with E-state index in [0.717, 1.165) is 10.9 Å². The number of ether oxygens (including phenoxy) is 3. The van der Waals surface area contributed by atoms with Gasteiger partial charge < -0.3 is 18.6 Å². The Labute approximate surface area is 109 Å². The van der Waals surface area contributed by atoms with Crippen molar-refractivity contribution in [2.45, 2.75) is 19.6 Å². The first-order valence-electron chi connectivity index (χ1n) is 6.15. The summed E-state index contributed by atoms with van der Waals surface area (Å²) in [5.41, 5.74) is 0.993. The van der Waals surface area contributed by atoms with E-state index in [1.54, 1.807) is 6.07 Å². The summed E-state index contributed by atoms with van der Waals surface area (Å²) in [5.74, 6) is 1.05. The van der Waals surface area contributed by atoms with Gasteiger partial charge in [0.25, 0.3) is 0 Å². The molecule has 0 fully saturated rings. The average Bonchev–Trinajstić information content (AvgIpc) is 2.78. The SMILES string of the molecule is CCOC1Cc2cc3ccc(=O)oc3c(OC)c2O1. The predicted molar refractivity (Wildman–Crippen MR) is 68.8 cm³/mol. The molecule has 19 heavy (non-hydrogen) atoms. The number of benzene rings is 1. The highest BCUT2D eigenvalue weighted by atomic mass is 16.7. The molecule has 0 bridgehead atoms. The Hall–Kier alpha value is -2.01. The summed E-state index contributed by atoms with van der Waals surface area (Å²) in [5, 5.41) is 0.816. The van der Waals surface area contributed by atoms with Gasteiger partial charge in [0.1, 0.15) is 0 Å². The van der Waals surface area contributed by atoms with Gasteiger partial charge in [-0.05, 0) is 19.1 Å². The summed E-state index contributed by atoms with van der Waals surface area (Å²) in [6.45, 7) is 2.49. The van der Waals surface area contributed by atoms with E-state index in [2.05, 4.69) is 0 Å². The van der Waals surface area contributed by atoms with Gasteiger partial charge in [-0.15, -0.1) is 0 Å². The van der Waals surface area contributed by atoms with Crippen LogP contribution in [0.5, 0.6) is 11.5 Å². The molecule has 1 aliphatic rings. The van der Waals surface area contributed by atoms with E-state index in [4.69, 9.17) is 18.6 Å². The van der Waals surface area contributed by atoms with Crippen LogP contribution in [0, 0.1) is 0 Å². The van der Waals surface area contributed by atoms with Gasteiger partial charge in [0.2, 0.25) is 12.0 Å². The van der Waals surface area contributed by atoms with Crippen molar-refractivity contribution in [3.63, 3.8) is 0 Å². The van der Waals surface area contributed by atoms with Gasteiger partial charge in [-0.25, -0.2) is 4.79 Å². The minimum absolute atomic E-state index is 0.308. The van der Waals surface area contributed by atoms with Crippen LogP contribution in [0.4, 0.5) is 0 Å². The van der Waals surface area contributed by atoms with Crippen molar-refractivity contribution in [3.05, 3.63) is 34.2 Å². The molecule has 1 aliphatic heterocycles. The van der Waals surface area contributed by atoms with Crippen molar-refractivity contribution in [2.24, 2.45) is 0 Å². The van der Waals surface area contributed by atoms with Crippen molar-refractivity contribution in [1.29, 1.82) is 0 Å². The number of fused-ring (bicyclic) bond motifs is 2. The zero-order valence-electron chi connectivity index (χ0n) is 10.8. The van der Waals surface area contributed by atoms with Crippen molar-refractivity contribution < 1.29 is 18.6 Å². The largest absolute Gasteiger partial charge is 0.490 e. The third-order valence-corrected chi connectivity index (χ3v) is 3.09. The minimum Gasteiger partial charge on any atom is -0.490 e. The minimum atomic E-state index is -0.412. The van der Waals surface area contributed by atoms with Crippen LogP contribution < -0.4 is 15.1 Å². The maximum atomic E-state index is 11.3. The van der Waals surface area contributed by atoms with Crippen molar-refractivity contribution in [2.75, 3.05) is 13.7 Å². The molecule has 1 unspecified atom stereocenters. The molecule has 3 rings (SSSR count). The Bertz CT molecular complexity index is 673.